The van der Waals surface area contributed by atoms with Crippen LogP contribution in [0.2, 0.25) is 0 Å². The summed E-state index contributed by atoms with van der Waals surface area (Å²) >= 11 is 0. The summed E-state index contributed by atoms with van der Waals surface area (Å²) in [4.78, 5) is -0.385. The van der Waals surface area contributed by atoms with Crippen molar-refractivity contribution in [3.8, 4) is 5.75 Å². The zero-order valence-electron chi connectivity index (χ0n) is 7.85. The average molecular weight is 209 g/mol. The second-order valence-corrected chi connectivity index (χ2v) is 3.78. The molecule has 0 saturated heterocycles. The van der Waals surface area contributed by atoms with Crippen LogP contribution >= 0.6 is 0 Å². The Morgan fingerprint density at radius 2 is 1.93 bits per heavy atom. The first-order chi connectivity index (χ1) is 5.93. The number of nitrogens with two attached hydrogens (primary N) is 1. The van der Waals surface area contributed by atoms with Gasteiger partial charge in [0.15, 0.2) is 0 Å². The first-order valence-electron chi connectivity index (χ1n) is 3.34. The van der Waals surface area contributed by atoms with Crippen molar-refractivity contribution in [2.24, 2.45) is 0 Å². The summed E-state index contributed by atoms with van der Waals surface area (Å²) in [5.74, 6) is 0.245. The van der Waals surface area contributed by atoms with Gasteiger partial charge in [0.25, 0.3) is 0 Å². The van der Waals surface area contributed by atoms with Gasteiger partial charge in [0.2, 0.25) is 0 Å². The summed E-state index contributed by atoms with van der Waals surface area (Å²) in [5, 5.41) is 0. The number of rotatable bonds is 2. The molecule has 0 aromatic heterocycles. The van der Waals surface area contributed by atoms with Gasteiger partial charge in [-0.3, -0.25) is 0 Å². The van der Waals surface area contributed by atoms with Crippen LogP contribution in [0.15, 0.2) is 23.1 Å². The molecule has 0 radical (unpaired) electrons. The minimum Gasteiger partial charge on any atom is -0.744 e. The van der Waals surface area contributed by atoms with Gasteiger partial charge in [0.1, 0.15) is 15.9 Å². The number of anilines is 1. The zero-order valence-corrected chi connectivity index (χ0v) is 8.67. The molecule has 2 N–H and O–H groups in total. The van der Waals surface area contributed by atoms with E-state index in [1.165, 1.54) is 13.2 Å². The predicted octanol–water partition coefficient (Wildman–Crippen LogP) is -2.81. The first-order valence-corrected chi connectivity index (χ1v) is 4.75. The summed E-state index contributed by atoms with van der Waals surface area (Å²) in [5.41, 5.74) is 5.52. The Kier molecular flexibility index (Phi) is 4.48. The quantitative estimate of drug-likeness (QED) is 0.322. The van der Waals surface area contributed by atoms with E-state index < -0.39 is 10.1 Å². The fraction of sp³-hybridized carbons (Fsp3) is 0.143. The van der Waals surface area contributed by atoms with E-state index in [-0.39, 0.29) is 35.2 Å². The van der Waals surface area contributed by atoms with Crippen molar-refractivity contribution < 1.29 is 36.6 Å². The molecule has 1 aromatic rings. The number of benzene rings is 1. The van der Waals surface area contributed by atoms with Gasteiger partial charge in [-0.15, -0.1) is 0 Å². The fourth-order valence-corrected chi connectivity index (χ4v) is 1.40. The molecule has 5 nitrogen and oxygen atoms in total. The van der Waals surface area contributed by atoms with Crippen LogP contribution < -0.4 is 29.3 Å². The van der Waals surface area contributed by atoms with Crippen LogP contribution in [-0.2, 0) is 10.1 Å². The predicted molar refractivity (Wildman–Crippen MR) is 45.4 cm³/mol. The summed E-state index contributed by atoms with van der Waals surface area (Å²) in [6.45, 7) is 0. The third-order valence-electron chi connectivity index (χ3n) is 1.43. The van der Waals surface area contributed by atoms with Crippen LogP contribution in [-0.4, -0.2) is 20.1 Å². The first kappa shape index (κ1) is 13.3. The summed E-state index contributed by atoms with van der Waals surface area (Å²) in [6, 6.07) is 3.64. The summed E-state index contributed by atoms with van der Waals surface area (Å²) < 4.78 is 36.5. The largest absolute Gasteiger partial charge is 1.00 e. The third-order valence-corrected chi connectivity index (χ3v) is 2.24. The molecule has 0 bridgehead atoms. The molecule has 0 amide bonds. The Labute approximate surface area is 94.2 Å². The van der Waals surface area contributed by atoms with Gasteiger partial charge >= 0.3 is 18.9 Å². The molecule has 1 rings (SSSR count). The minimum atomic E-state index is -4.47. The molecule has 0 unspecified atom stereocenters. The molecular formula is C7H8LiNO4S. The Bertz CT molecular complexity index is 418. The van der Waals surface area contributed by atoms with Crippen molar-refractivity contribution in [3.63, 3.8) is 0 Å². The van der Waals surface area contributed by atoms with Crippen LogP contribution in [0.3, 0.4) is 0 Å². The Balaban J connectivity index is 0.00000169. The maximum absolute atomic E-state index is 10.6. The number of hydrogen-bond donors (Lipinski definition) is 1. The van der Waals surface area contributed by atoms with Gasteiger partial charge in [-0.2, -0.15) is 0 Å². The van der Waals surface area contributed by atoms with Crippen LogP contribution in [0.5, 0.6) is 5.75 Å². The molecule has 7 heteroatoms. The number of nitrogen functional groups attached to an aromatic ring is 1. The molecule has 14 heavy (non-hydrogen) atoms. The summed E-state index contributed by atoms with van der Waals surface area (Å²) in [6.07, 6.45) is 0. The van der Waals surface area contributed by atoms with E-state index in [9.17, 15) is 13.0 Å². The van der Waals surface area contributed by atoms with Crippen molar-refractivity contribution in [1.29, 1.82) is 0 Å². The fourth-order valence-electron chi connectivity index (χ4n) is 0.856. The molecule has 0 saturated carbocycles. The zero-order chi connectivity index (χ0) is 10.1. The van der Waals surface area contributed by atoms with Crippen molar-refractivity contribution in [3.05, 3.63) is 18.2 Å². The second-order valence-electron chi connectivity index (χ2n) is 2.40. The maximum atomic E-state index is 10.6. The molecule has 1 aromatic carbocycles. The Morgan fingerprint density at radius 3 is 2.36 bits per heavy atom. The third kappa shape index (κ3) is 3.23. The van der Waals surface area contributed by atoms with Crippen molar-refractivity contribution in [1.82, 2.24) is 0 Å². The molecule has 0 spiro atoms. The van der Waals surface area contributed by atoms with Crippen molar-refractivity contribution in [2.75, 3.05) is 12.8 Å². The standard InChI is InChI=1S/C7H9NO4S.Li/c1-12-6-2-5(8)3-7(4-6)13(9,10)11;/h2-4H,8H2,1H3,(H,9,10,11);/q;+1/p-1. The van der Waals surface area contributed by atoms with E-state index in [0.29, 0.717) is 0 Å². The Morgan fingerprint density at radius 1 is 1.36 bits per heavy atom. The Hall–Kier alpha value is -0.673. The van der Waals surface area contributed by atoms with E-state index in [1.807, 2.05) is 0 Å². The molecule has 0 aliphatic rings. The molecule has 0 atom stereocenters. The number of methoxy groups -OCH3 is 1. The molecular weight excluding hydrogens is 201 g/mol. The summed E-state index contributed by atoms with van der Waals surface area (Å²) in [7, 11) is -3.11. The van der Waals surface area contributed by atoms with Gasteiger partial charge in [0, 0.05) is 11.8 Å². The molecule has 0 aliphatic carbocycles. The second kappa shape index (κ2) is 4.71. The van der Waals surface area contributed by atoms with Crippen molar-refractivity contribution in [2.45, 2.75) is 4.90 Å². The number of hydrogen-bond acceptors (Lipinski definition) is 5. The molecule has 0 fully saturated rings. The normalized spacial score (nSPS) is 10.4. The van der Waals surface area contributed by atoms with Gasteiger partial charge in [-0.25, -0.2) is 8.42 Å². The van der Waals surface area contributed by atoms with E-state index in [0.717, 1.165) is 12.1 Å². The van der Waals surface area contributed by atoms with E-state index >= 15 is 0 Å². The van der Waals surface area contributed by atoms with Crippen LogP contribution in [0.4, 0.5) is 5.69 Å². The van der Waals surface area contributed by atoms with E-state index in [2.05, 4.69) is 0 Å². The molecule has 0 aliphatic heterocycles. The topological polar surface area (TPSA) is 92.5 Å². The number of ether oxygens (including phenoxy) is 1. The average Bonchev–Trinajstić information content (AvgIpc) is 2.01. The van der Waals surface area contributed by atoms with Crippen molar-refractivity contribution >= 4 is 15.8 Å². The SMILES string of the molecule is COc1cc(N)cc(S(=O)(=O)[O-])c1.[Li+]. The van der Waals surface area contributed by atoms with E-state index in [4.69, 9.17) is 10.5 Å². The van der Waals surface area contributed by atoms with Crippen LogP contribution in [0, 0.1) is 0 Å². The molecule has 72 valence electrons. The van der Waals surface area contributed by atoms with Crippen LogP contribution in [0.25, 0.3) is 0 Å². The maximum Gasteiger partial charge on any atom is 1.00 e. The van der Waals surface area contributed by atoms with Gasteiger partial charge in [0.05, 0.1) is 12.0 Å². The minimum absolute atomic E-state index is 0. The van der Waals surface area contributed by atoms with Gasteiger partial charge in [-0.05, 0) is 12.1 Å². The smallest absolute Gasteiger partial charge is 0.744 e. The van der Waals surface area contributed by atoms with Gasteiger partial charge in [-0.1, -0.05) is 0 Å². The van der Waals surface area contributed by atoms with Gasteiger partial charge < -0.3 is 15.0 Å². The van der Waals surface area contributed by atoms with E-state index in [1.54, 1.807) is 0 Å². The molecule has 0 heterocycles. The monoisotopic (exact) mass is 209 g/mol. The van der Waals surface area contributed by atoms with Crippen LogP contribution in [0.1, 0.15) is 0 Å².